The van der Waals surface area contributed by atoms with Crippen LogP contribution in [0.3, 0.4) is 0 Å². The number of rotatable bonds is 5. The summed E-state index contributed by atoms with van der Waals surface area (Å²) in [5.41, 5.74) is 0.0988. The van der Waals surface area contributed by atoms with Crippen molar-refractivity contribution in [2.24, 2.45) is 0 Å². The standard InChI is InChI=1S/C12H16N2O4/c1-4-13(5-2)12(15)10-8-9(14(16)17)6-7-11(10)18-3/h6-8H,4-5H2,1-3H3. The van der Waals surface area contributed by atoms with Crippen LogP contribution in [0.2, 0.25) is 0 Å². The molecule has 0 aliphatic rings. The number of nitro groups is 1. The Labute approximate surface area is 105 Å². The molecule has 0 heterocycles. The van der Waals surface area contributed by atoms with Crippen molar-refractivity contribution in [2.75, 3.05) is 20.2 Å². The fraction of sp³-hybridized carbons (Fsp3) is 0.417. The van der Waals surface area contributed by atoms with E-state index in [-0.39, 0.29) is 17.2 Å². The molecule has 0 radical (unpaired) electrons. The molecule has 0 unspecified atom stereocenters. The van der Waals surface area contributed by atoms with Crippen LogP contribution in [-0.4, -0.2) is 35.9 Å². The van der Waals surface area contributed by atoms with Gasteiger partial charge in [-0.15, -0.1) is 0 Å². The summed E-state index contributed by atoms with van der Waals surface area (Å²) < 4.78 is 5.07. The van der Waals surface area contributed by atoms with Crippen molar-refractivity contribution < 1.29 is 14.5 Å². The molecule has 0 aliphatic carbocycles. The van der Waals surface area contributed by atoms with Gasteiger partial charge >= 0.3 is 0 Å². The van der Waals surface area contributed by atoms with Crippen LogP contribution in [0, 0.1) is 10.1 Å². The molecule has 0 aliphatic heterocycles. The highest BCUT2D eigenvalue weighted by atomic mass is 16.6. The minimum Gasteiger partial charge on any atom is -0.496 e. The zero-order chi connectivity index (χ0) is 13.7. The minimum atomic E-state index is -0.529. The number of nitro benzene ring substituents is 1. The summed E-state index contributed by atoms with van der Waals surface area (Å²) >= 11 is 0. The Morgan fingerprint density at radius 2 is 2.00 bits per heavy atom. The number of hydrogen-bond donors (Lipinski definition) is 0. The Bertz CT molecular complexity index is 455. The van der Waals surface area contributed by atoms with Crippen molar-refractivity contribution in [3.8, 4) is 5.75 Å². The number of hydrogen-bond acceptors (Lipinski definition) is 4. The van der Waals surface area contributed by atoms with Gasteiger partial charge in [-0.05, 0) is 19.9 Å². The molecule has 1 amide bonds. The Hall–Kier alpha value is -2.11. The van der Waals surface area contributed by atoms with Crippen molar-refractivity contribution in [3.63, 3.8) is 0 Å². The summed E-state index contributed by atoms with van der Waals surface area (Å²) in [6.07, 6.45) is 0. The predicted octanol–water partition coefficient (Wildman–Crippen LogP) is 2.09. The lowest BCUT2D eigenvalue weighted by molar-refractivity contribution is -0.384. The molecule has 18 heavy (non-hydrogen) atoms. The minimum absolute atomic E-state index is 0.119. The number of amides is 1. The van der Waals surface area contributed by atoms with Crippen molar-refractivity contribution in [1.82, 2.24) is 4.90 Å². The number of nitrogens with zero attached hydrogens (tertiary/aromatic N) is 2. The first kappa shape index (κ1) is 14.0. The van der Waals surface area contributed by atoms with Crippen LogP contribution in [0.25, 0.3) is 0 Å². The molecule has 0 N–H and O–H groups in total. The second-order valence-corrected chi connectivity index (χ2v) is 3.62. The van der Waals surface area contributed by atoms with Gasteiger partial charge in [-0.25, -0.2) is 0 Å². The van der Waals surface area contributed by atoms with Crippen LogP contribution in [-0.2, 0) is 0 Å². The van der Waals surface area contributed by atoms with Gasteiger partial charge < -0.3 is 9.64 Å². The third-order valence-corrected chi connectivity index (χ3v) is 2.67. The van der Waals surface area contributed by atoms with Gasteiger partial charge in [0.05, 0.1) is 17.6 Å². The zero-order valence-corrected chi connectivity index (χ0v) is 10.7. The van der Waals surface area contributed by atoms with E-state index in [0.29, 0.717) is 18.8 Å². The molecule has 98 valence electrons. The number of methoxy groups -OCH3 is 1. The Morgan fingerprint density at radius 3 is 2.44 bits per heavy atom. The number of ether oxygens (including phenoxy) is 1. The van der Waals surface area contributed by atoms with E-state index in [9.17, 15) is 14.9 Å². The smallest absolute Gasteiger partial charge is 0.270 e. The second kappa shape index (κ2) is 6.00. The maximum atomic E-state index is 12.2. The molecule has 1 rings (SSSR count). The van der Waals surface area contributed by atoms with E-state index in [1.165, 1.54) is 25.3 Å². The molecular weight excluding hydrogens is 236 g/mol. The lowest BCUT2D eigenvalue weighted by Crippen LogP contribution is -2.30. The molecule has 6 nitrogen and oxygen atoms in total. The van der Waals surface area contributed by atoms with Gasteiger partial charge in [0.15, 0.2) is 0 Å². The lowest BCUT2D eigenvalue weighted by atomic mass is 10.1. The first-order chi connectivity index (χ1) is 8.54. The Morgan fingerprint density at radius 1 is 1.39 bits per heavy atom. The summed E-state index contributed by atoms with van der Waals surface area (Å²) in [6, 6.07) is 4.01. The first-order valence-corrected chi connectivity index (χ1v) is 5.66. The highest BCUT2D eigenvalue weighted by Crippen LogP contribution is 2.25. The Balaban J connectivity index is 3.23. The van der Waals surface area contributed by atoms with Crippen LogP contribution in [0.15, 0.2) is 18.2 Å². The van der Waals surface area contributed by atoms with Gasteiger partial charge in [0.25, 0.3) is 11.6 Å². The Kier molecular flexibility index (Phi) is 4.65. The normalized spacial score (nSPS) is 9.94. The summed E-state index contributed by atoms with van der Waals surface area (Å²) in [7, 11) is 1.43. The van der Waals surface area contributed by atoms with E-state index in [2.05, 4.69) is 0 Å². The van der Waals surface area contributed by atoms with E-state index in [0.717, 1.165) is 0 Å². The molecule has 0 bridgehead atoms. The second-order valence-electron chi connectivity index (χ2n) is 3.62. The molecular formula is C12H16N2O4. The molecule has 1 aromatic carbocycles. The zero-order valence-electron chi connectivity index (χ0n) is 10.7. The van der Waals surface area contributed by atoms with Crippen LogP contribution in [0.5, 0.6) is 5.75 Å². The SMILES string of the molecule is CCN(CC)C(=O)c1cc([N+](=O)[O-])ccc1OC. The monoisotopic (exact) mass is 252 g/mol. The van der Waals surface area contributed by atoms with Crippen LogP contribution in [0.4, 0.5) is 5.69 Å². The largest absolute Gasteiger partial charge is 0.496 e. The maximum absolute atomic E-state index is 12.2. The average molecular weight is 252 g/mol. The predicted molar refractivity (Wildman–Crippen MR) is 66.9 cm³/mol. The molecule has 0 spiro atoms. The molecule has 0 aromatic heterocycles. The highest BCUT2D eigenvalue weighted by molar-refractivity contribution is 5.97. The van der Waals surface area contributed by atoms with Crippen molar-refractivity contribution in [2.45, 2.75) is 13.8 Å². The van der Waals surface area contributed by atoms with Gasteiger partial charge in [0, 0.05) is 25.2 Å². The van der Waals surface area contributed by atoms with E-state index in [4.69, 9.17) is 4.74 Å². The molecule has 6 heteroatoms. The fourth-order valence-corrected chi connectivity index (χ4v) is 1.66. The number of non-ortho nitro benzene ring substituents is 1. The number of carbonyl (C=O) groups excluding carboxylic acids is 1. The summed E-state index contributed by atoms with van der Waals surface area (Å²) in [5, 5.41) is 10.7. The van der Waals surface area contributed by atoms with E-state index >= 15 is 0 Å². The topological polar surface area (TPSA) is 72.7 Å². The molecule has 0 saturated carbocycles. The van der Waals surface area contributed by atoms with Crippen LogP contribution >= 0.6 is 0 Å². The quantitative estimate of drug-likeness (QED) is 0.594. The third-order valence-electron chi connectivity index (χ3n) is 2.67. The van der Waals surface area contributed by atoms with Gasteiger partial charge in [-0.1, -0.05) is 0 Å². The number of carbonyl (C=O) groups is 1. The first-order valence-electron chi connectivity index (χ1n) is 5.66. The summed E-state index contributed by atoms with van der Waals surface area (Å²) in [6.45, 7) is 4.79. The van der Waals surface area contributed by atoms with Gasteiger partial charge in [0.2, 0.25) is 0 Å². The van der Waals surface area contributed by atoms with Crippen LogP contribution in [0.1, 0.15) is 24.2 Å². The lowest BCUT2D eigenvalue weighted by Gasteiger charge is -2.19. The molecule has 0 atom stereocenters. The molecule has 0 saturated heterocycles. The van der Waals surface area contributed by atoms with E-state index in [1.54, 1.807) is 4.90 Å². The average Bonchev–Trinajstić information content (AvgIpc) is 2.39. The molecule has 1 aromatic rings. The fourth-order valence-electron chi connectivity index (χ4n) is 1.66. The van der Waals surface area contributed by atoms with Gasteiger partial charge in [0.1, 0.15) is 5.75 Å². The summed E-state index contributed by atoms with van der Waals surface area (Å²) in [5.74, 6) is 0.0815. The van der Waals surface area contributed by atoms with Crippen LogP contribution < -0.4 is 4.74 Å². The van der Waals surface area contributed by atoms with Gasteiger partial charge in [-0.2, -0.15) is 0 Å². The third kappa shape index (κ3) is 2.77. The van der Waals surface area contributed by atoms with Gasteiger partial charge in [-0.3, -0.25) is 14.9 Å². The van der Waals surface area contributed by atoms with E-state index in [1.807, 2.05) is 13.8 Å². The number of benzene rings is 1. The maximum Gasteiger partial charge on any atom is 0.270 e. The van der Waals surface area contributed by atoms with Crippen molar-refractivity contribution in [3.05, 3.63) is 33.9 Å². The summed E-state index contributed by atoms with van der Waals surface area (Å²) in [4.78, 5) is 24.0. The molecule has 0 fully saturated rings. The van der Waals surface area contributed by atoms with Crippen molar-refractivity contribution in [1.29, 1.82) is 0 Å². The highest BCUT2D eigenvalue weighted by Gasteiger charge is 2.20. The van der Waals surface area contributed by atoms with E-state index < -0.39 is 4.92 Å². The van der Waals surface area contributed by atoms with Crippen molar-refractivity contribution >= 4 is 11.6 Å².